The van der Waals surface area contributed by atoms with E-state index in [1.807, 2.05) is 0 Å². The van der Waals surface area contributed by atoms with Gasteiger partial charge in [0.15, 0.2) is 0 Å². The van der Waals surface area contributed by atoms with Gasteiger partial charge in [-0.15, -0.1) is 0 Å². The highest BCUT2D eigenvalue weighted by molar-refractivity contribution is 5.85. The zero-order valence-corrected chi connectivity index (χ0v) is 11.2. The Bertz CT molecular complexity index is 463. The van der Waals surface area contributed by atoms with Gasteiger partial charge in [-0.3, -0.25) is 4.79 Å². The molecular formula is C14H18FNO3. The predicted octanol–water partition coefficient (Wildman–Crippen LogP) is 1.98. The topological polar surface area (TPSA) is 66.4 Å². The Morgan fingerprint density at radius 1 is 1.26 bits per heavy atom. The first-order valence-electron chi connectivity index (χ1n) is 5.97. The highest BCUT2D eigenvalue weighted by Gasteiger charge is 2.32. The van der Waals surface area contributed by atoms with Crippen molar-refractivity contribution in [1.82, 2.24) is 5.32 Å². The van der Waals surface area contributed by atoms with Crippen molar-refractivity contribution in [2.75, 3.05) is 0 Å². The van der Waals surface area contributed by atoms with Crippen molar-refractivity contribution in [3.05, 3.63) is 35.6 Å². The molecule has 0 saturated heterocycles. The Morgan fingerprint density at radius 3 is 2.21 bits per heavy atom. The monoisotopic (exact) mass is 267 g/mol. The quantitative estimate of drug-likeness (QED) is 0.876. The summed E-state index contributed by atoms with van der Waals surface area (Å²) in [5.74, 6) is -1.84. The van der Waals surface area contributed by atoms with Gasteiger partial charge in [0, 0.05) is 0 Å². The summed E-state index contributed by atoms with van der Waals surface area (Å²) >= 11 is 0. The van der Waals surface area contributed by atoms with Crippen LogP contribution >= 0.6 is 0 Å². The fourth-order valence-electron chi connectivity index (χ4n) is 1.65. The van der Waals surface area contributed by atoms with E-state index in [2.05, 4.69) is 5.32 Å². The SMILES string of the molecule is CC(C)(C)C(NC(=O)Cc1ccc(F)cc1)C(=O)O. The van der Waals surface area contributed by atoms with Crippen LogP contribution in [0, 0.1) is 11.2 Å². The summed E-state index contributed by atoms with van der Waals surface area (Å²) in [6.45, 7) is 5.22. The van der Waals surface area contributed by atoms with Gasteiger partial charge < -0.3 is 10.4 Å². The molecule has 0 aliphatic heterocycles. The van der Waals surface area contributed by atoms with Crippen LogP contribution in [0.3, 0.4) is 0 Å². The fraction of sp³-hybridized carbons (Fsp3) is 0.429. The average Bonchev–Trinajstić information content (AvgIpc) is 2.27. The van der Waals surface area contributed by atoms with Crippen molar-refractivity contribution in [1.29, 1.82) is 0 Å². The first-order chi connectivity index (χ1) is 8.70. The number of halogens is 1. The maximum absolute atomic E-state index is 12.7. The third-order valence-corrected chi connectivity index (χ3v) is 2.70. The van der Waals surface area contributed by atoms with Crippen molar-refractivity contribution < 1.29 is 19.1 Å². The third-order valence-electron chi connectivity index (χ3n) is 2.70. The van der Waals surface area contributed by atoms with Gasteiger partial charge in [-0.1, -0.05) is 32.9 Å². The normalized spacial score (nSPS) is 12.8. The van der Waals surface area contributed by atoms with Gasteiger partial charge in [0.05, 0.1) is 6.42 Å². The standard InChI is InChI=1S/C14H18FNO3/c1-14(2,3)12(13(18)19)16-11(17)8-9-4-6-10(15)7-5-9/h4-7,12H,8H2,1-3H3,(H,16,17)(H,18,19). The minimum absolute atomic E-state index is 0.0279. The molecule has 0 spiro atoms. The molecule has 0 aliphatic carbocycles. The molecule has 0 radical (unpaired) electrons. The van der Waals surface area contributed by atoms with Crippen LogP contribution in [0.1, 0.15) is 26.3 Å². The summed E-state index contributed by atoms with van der Waals surface area (Å²) in [5, 5.41) is 11.6. The summed E-state index contributed by atoms with van der Waals surface area (Å²) in [6, 6.07) is 4.58. The lowest BCUT2D eigenvalue weighted by atomic mass is 9.86. The van der Waals surface area contributed by atoms with E-state index < -0.39 is 23.3 Å². The zero-order chi connectivity index (χ0) is 14.6. The minimum Gasteiger partial charge on any atom is -0.480 e. The molecular weight excluding hydrogens is 249 g/mol. The Morgan fingerprint density at radius 2 is 1.79 bits per heavy atom. The van der Waals surface area contributed by atoms with Crippen LogP contribution in [0.4, 0.5) is 4.39 Å². The second-order valence-electron chi connectivity index (χ2n) is 5.51. The number of carbonyl (C=O) groups is 2. The summed E-state index contributed by atoms with van der Waals surface area (Å²) in [7, 11) is 0. The van der Waals surface area contributed by atoms with E-state index in [0.29, 0.717) is 5.56 Å². The maximum Gasteiger partial charge on any atom is 0.326 e. The van der Waals surface area contributed by atoms with E-state index in [0.717, 1.165) is 0 Å². The van der Waals surface area contributed by atoms with E-state index in [-0.39, 0.29) is 12.2 Å². The molecule has 5 heteroatoms. The molecule has 1 unspecified atom stereocenters. The van der Waals surface area contributed by atoms with Crippen molar-refractivity contribution in [2.45, 2.75) is 33.2 Å². The molecule has 0 aliphatic rings. The van der Waals surface area contributed by atoms with Gasteiger partial charge in [0.25, 0.3) is 0 Å². The number of carboxylic acid groups (broad SMARTS) is 1. The molecule has 1 rings (SSSR count). The molecule has 1 aromatic carbocycles. The van der Waals surface area contributed by atoms with Crippen LogP contribution in [-0.2, 0) is 16.0 Å². The van der Waals surface area contributed by atoms with E-state index >= 15 is 0 Å². The van der Waals surface area contributed by atoms with Gasteiger partial charge in [-0.05, 0) is 23.1 Å². The third kappa shape index (κ3) is 4.69. The van der Waals surface area contributed by atoms with Crippen LogP contribution in [0.5, 0.6) is 0 Å². The van der Waals surface area contributed by atoms with E-state index in [1.165, 1.54) is 24.3 Å². The Hall–Kier alpha value is -1.91. The Labute approximate surface area is 111 Å². The Kier molecular flexibility index (Phi) is 4.64. The van der Waals surface area contributed by atoms with E-state index in [4.69, 9.17) is 5.11 Å². The lowest BCUT2D eigenvalue weighted by molar-refractivity contribution is -0.144. The number of carboxylic acids is 1. The maximum atomic E-state index is 12.7. The van der Waals surface area contributed by atoms with Gasteiger partial charge in [0.2, 0.25) is 5.91 Å². The first-order valence-corrected chi connectivity index (χ1v) is 5.97. The fourth-order valence-corrected chi connectivity index (χ4v) is 1.65. The number of aliphatic carboxylic acids is 1. The van der Waals surface area contributed by atoms with E-state index in [9.17, 15) is 14.0 Å². The lowest BCUT2D eigenvalue weighted by Crippen LogP contribution is -2.49. The van der Waals surface area contributed by atoms with Crippen molar-refractivity contribution in [3.63, 3.8) is 0 Å². The van der Waals surface area contributed by atoms with Gasteiger partial charge in [-0.25, -0.2) is 9.18 Å². The number of benzene rings is 1. The van der Waals surface area contributed by atoms with Gasteiger partial charge in [-0.2, -0.15) is 0 Å². The zero-order valence-electron chi connectivity index (χ0n) is 11.2. The van der Waals surface area contributed by atoms with Crippen molar-refractivity contribution in [3.8, 4) is 0 Å². The second-order valence-corrected chi connectivity index (χ2v) is 5.51. The molecule has 4 nitrogen and oxygen atoms in total. The number of amides is 1. The molecule has 0 fully saturated rings. The van der Waals surface area contributed by atoms with Crippen LogP contribution in [-0.4, -0.2) is 23.0 Å². The smallest absolute Gasteiger partial charge is 0.326 e. The number of hydrogen-bond donors (Lipinski definition) is 2. The molecule has 0 bridgehead atoms. The second kappa shape index (κ2) is 5.82. The number of carbonyl (C=O) groups excluding carboxylic acids is 1. The van der Waals surface area contributed by atoms with Gasteiger partial charge in [0.1, 0.15) is 11.9 Å². The average molecular weight is 267 g/mol. The van der Waals surface area contributed by atoms with Crippen LogP contribution in [0.2, 0.25) is 0 Å². The molecule has 2 N–H and O–H groups in total. The molecule has 19 heavy (non-hydrogen) atoms. The Balaban J connectivity index is 2.68. The lowest BCUT2D eigenvalue weighted by Gasteiger charge is -2.27. The van der Waals surface area contributed by atoms with Crippen LogP contribution in [0.25, 0.3) is 0 Å². The molecule has 104 valence electrons. The van der Waals surface area contributed by atoms with Crippen LogP contribution < -0.4 is 5.32 Å². The highest BCUT2D eigenvalue weighted by atomic mass is 19.1. The molecule has 1 amide bonds. The number of hydrogen-bond acceptors (Lipinski definition) is 2. The molecule has 0 heterocycles. The predicted molar refractivity (Wildman–Crippen MR) is 69.1 cm³/mol. The summed E-state index contributed by atoms with van der Waals surface area (Å²) in [6.07, 6.45) is 0.0279. The summed E-state index contributed by atoms with van der Waals surface area (Å²) < 4.78 is 12.7. The first kappa shape index (κ1) is 15.1. The van der Waals surface area contributed by atoms with E-state index in [1.54, 1.807) is 20.8 Å². The molecule has 0 aromatic heterocycles. The number of rotatable bonds is 4. The molecule has 1 atom stereocenters. The molecule has 1 aromatic rings. The largest absolute Gasteiger partial charge is 0.480 e. The van der Waals surface area contributed by atoms with Crippen molar-refractivity contribution in [2.24, 2.45) is 5.41 Å². The highest BCUT2D eigenvalue weighted by Crippen LogP contribution is 2.19. The minimum atomic E-state index is -1.07. The van der Waals surface area contributed by atoms with Crippen molar-refractivity contribution >= 4 is 11.9 Å². The summed E-state index contributed by atoms with van der Waals surface area (Å²) in [5.41, 5.74) is 0.0570. The number of nitrogens with one attached hydrogen (secondary N) is 1. The summed E-state index contributed by atoms with van der Waals surface area (Å²) in [4.78, 5) is 22.9. The van der Waals surface area contributed by atoms with Crippen LogP contribution in [0.15, 0.2) is 24.3 Å². The van der Waals surface area contributed by atoms with Gasteiger partial charge >= 0.3 is 5.97 Å². The molecule has 0 saturated carbocycles.